The zero-order valence-corrected chi connectivity index (χ0v) is 9.88. The first-order valence-corrected chi connectivity index (χ1v) is 5.91. The Hall–Kier alpha value is -1.80. The molecule has 0 saturated heterocycles. The van der Waals surface area contributed by atoms with Crippen LogP contribution in [0.5, 0.6) is 0 Å². The Labute approximate surface area is 104 Å². The minimum absolute atomic E-state index is 0.261. The second-order valence-electron chi connectivity index (χ2n) is 3.91. The van der Waals surface area contributed by atoms with Gasteiger partial charge in [0.15, 0.2) is 5.50 Å². The lowest BCUT2D eigenvalue weighted by molar-refractivity contribution is 0.670. The number of halogens is 1. The normalized spacial score (nSPS) is 12.8. The van der Waals surface area contributed by atoms with Crippen LogP contribution in [0, 0.1) is 0 Å². The summed E-state index contributed by atoms with van der Waals surface area (Å²) in [5.74, 6) is 0. The fourth-order valence-electron chi connectivity index (χ4n) is 1.86. The molecule has 3 heteroatoms. The van der Waals surface area contributed by atoms with Gasteiger partial charge in [-0.3, -0.25) is 0 Å². The lowest BCUT2D eigenvalue weighted by Crippen LogP contribution is -2.04. The molecule has 84 valence electrons. The number of rotatable bonds is 2. The van der Waals surface area contributed by atoms with Crippen LogP contribution in [-0.2, 0) is 0 Å². The van der Waals surface area contributed by atoms with Crippen LogP contribution in [0.25, 0.3) is 10.9 Å². The summed E-state index contributed by atoms with van der Waals surface area (Å²) in [4.78, 5) is 0. The van der Waals surface area contributed by atoms with Crippen molar-refractivity contribution >= 4 is 22.5 Å². The molecule has 1 heterocycles. The topological polar surface area (TPSA) is 17.8 Å². The summed E-state index contributed by atoms with van der Waals surface area (Å²) in [6.45, 7) is 0. The summed E-state index contributed by atoms with van der Waals surface area (Å²) in [6.07, 6.45) is 1.97. The molecule has 3 aromatic rings. The molecule has 0 aliphatic carbocycles. The molecule has 1 atom stereocenters. The molecule has 0 aliphatic rings. The first-order valence-electron chi connectivity index (χ1n) is 5.47. The Morgan fingerprint density at radius 2 is 1.65 bits per heavy atom. The van der Waals surface area contributed by atoms with Gasteiger partial charge in [0.05, 0.1) is 5.52 Å². The van der Waals surface area contributed by atoms with E-state index < -0.39 is 0 Å². The lowest BCUT2D eigenvalue weighted by atomic mass is 10.2. The molecule has 0 radical (unpaired) electrons. The van der Waals surface area contributed by atoms with Gasteiger partial charge in [0.25, 0.3) is 0 Å². The van der Waals surface area contributed by atoms with Crippen molar-refractivity contribution in [3.8, 4) is 0 Å². The molecule has 3 rings (SSSR count). The molecule has 0 N–H and O–H groups in total. The second-order valence-corrected chi connectivity index (χ2v) is 4.33. The molecular formula is C14H11ClN2. The van der Waals surface area contributed by atoms with Crippen molar-refractivity contribution in [2.24, 2.45) is 0 Å². The Morgan fingerprint density at radius 3 is 2.41 bits per heavy atom. The quantitative estimate of drug-likeness (QED) is 0.625. The Balaban J connectivity index is 2.04. The standard InChI is InChI=1S/C14H11ClN2/c15-14(11-6-2-1-3-7-11)17-10-12-8-4-5-9-13(12)16-17/h1-10,14H. The van der Waals surface area contributed by atoms with Crippen molar-refractivity contribution in [1.29, 1.82) is 0 Å². The fraction of sp³-hybridized carbons (Fsp3) is 0.0714. The van der Waals surface area contributed by atoms with Crippen molar-refractivity contribution in [1.82, 2.24) is 9.78 Å². The molecule has 0 saturated carbocycles. The van der Waals surface area contributed by atoms with E-state index in [1.165, 1.54) is 0 Å². The molecule has 2 aromatic carbocycles. The van der Waals surface area contributed by atoms with Gasteiger partial charge in [-0.05, 0) is 11.6 Å². The molecule has 0 fully saturated rings. The van der Waals surface area contributed by atoms with Gasteiger partial charge in [-0.25, -0.2) is 4.68 Å². The van der Waals surface area contributed by atoms with Crippen molar-refractivity contribution in [3.63, 3.8) is 0 Å². The highest BCUT2D eigenvalue weighted by atomic mass is 35.5. The Bertz CT molecular complexity index is 598. The largest absolute Gasteiger partial charge is 0.249 e. The van der Waals surface area contributed by atoms with E-state index in [1.54, 1.807) is 4.68 Å². The predicted octanol–water partition coefficient (Wildman–Crippen LogP) is 3.82. The van der Waals surface area contributed by atoms with Crippen LogP contribution < -0.4 is 0 Å². The maximum atomic E-state index is 6.40. The van der Waals surface area contributed by atoms with E-state index in [1.807, 2.05) is 60.8 Å². The SMILES string of the molecule is ClC(c1ccccc1)n1cc2ccccc2n1. The van der Waals surface area contributed by atoms with Crippen LogP contribution in [0.15, 0.2) is 60.8 Å². The van der Waals surface area contributed by atoms with Crippen molar-refractivity contribution in [2.75, 3.05) is 0 Å². The molecule has 0 amide bonds. The minimum atomic E-state index is -0.261. The van der Waals surface area contributed by atoms with Gasteiger partial charge in [0.2, 0.25) is 0 Å². The summed E-state index contributed by atoms with van der Waals surface area (Å²) in [7, 11) is 0. The third-order valence-corrected chi connectivity index (χ3v) is 3.19. The third kappa shape index (κ3) is 1.92. The lowest BCUT2D eigenvalue weighted by Gasteiger charge is -2.09. The van der Waals surface area contributed by atoms with Gasteiger partial charge in [-0.1, -0.05) is 60.1 Å². The van der Waals surface area contributed by atoms with Crippen molar-refractivity contribution in [2.45, 2.75) is 5.50 Å². The number of nitrogens with zero attached hydrogens (tertiary/aromatic N) is 2. The Kier molecular flexibility index (Phi) is 2.57. The number of hydrogen-bond acceptors (Lipinski definition) is 1. The molecule has 0 aliphatic heterocycles. The molecule has 2 nitrogen and oxygen atoms in total. The van der Waals surface area contributed by atoms with Gasteiger partial charge in [0, 0.05) is 11.6 Å². The average Bonchev–Trinajstić information content (AvgIpc) is 2.82. The van der Waals surface area contributed by atoms with E-state index in [-0.39, 0.29) is 5.50 Å². The van der Waals surface area contributed by atoms with Gasteiger partial charge in [-0.15, -0.1) is 0 Å². The van der Waals surface area contributed by atoms with E-state index in [0.29, 0.717) is 0 Å². The maximum absolute atomic E-state index is 6.40. The van der Waals surface area contributed by atoms with Crippen molar-refractivity contribution < 1.29 is 0 Å². The average molecular weight is 243 g/mol. The van der Waals surface area contributed by atoms with Gasteiger partial charge in [0.1, 0.15) is 0 Å². The fourth-order valence-corrected chi connectivity index (χ4v) is 2.11. The zero-order valence-electron chi connectivity index (χ0n) is 9.12. The summed E-state index contributed by atoms with van der Waals surface area (Å²) in [5, 5.41) is 5.58. The molecular weight excluding hydrogens is 232 g/mol. The van der Waals surface area contributed by atoms with Gasteiger partial charge >= 0.3 is 0 Å². The summed E-state index contributed by atoms with van der Waals surface area (Å²) in [5.41, 5.74) is 1.75. The smallest absolute Gasteiger partial charge is 0.150 e. The number of benzene rings is 2. The monoisotopic (exact) mass is 242 g/mol. The summed E-state index contributed by atoms with van der Waals surface area (Å²) < 4.78 is 1.79. The van der Waals surface area contributed by atoms with E-state index in [9.17, 15) is 0 Å². The van der Waals surface area contributed by atoms with E-state index in [0.717, 1.165) is 16.5 Å². The number of fused-ring (bicyclic) bond motifs is 1. The highest BCUT2D eigenvalue weighted by molar-refractivity contribution is 6.20. The van der Waals surface area contributed by atoms with Gasteiger partial charge in [-0.2, -0.15) is 5.10 Å². The van der Waals surface area contributed by atoms with Crippen LogP contribution in [0.2, 0.25) is 0 Å². The third-order valence-electron chi connectivity index (χ3n) is 2.74. The van der Waals surface area contributed by atoms with Crippen LogP contribution in [0.4, 0.5) is 0 Å². The zero-order chi connectivity index (χ0) is 11.7. The molecule has 1 unspecified atom stereocenters. The number of alkyl halides is 1. The van der Waals surface area contributed by atoms with Crippen LogP contribution in [-0.4, -0.2) is 9.78 Å². The minimum Gasteiger partial charge on any atom is -0.249 e. The highest BCUT2D eigenvalue weighted by Gasteiger charge is 2.11. The Morgan fingerprint density at radius 1 is 0.941 bits per heavy atom. The molecule has 0 spiro atoms. The van der Waals surface area contributed by atoms with E-state index >= 15 is 0 Å². The summed E-state index contributed by atoms with van der Waals surface area (Å²) in [6, 6.07) is 17.9. The highest BCUT2D eigenvalue weighted by Crippen LogP contribution is 2.24. The summed E-state index contributed by atoms with van der Waals surface area (Å²) >= 11 is 6.40. The molecule has 1 aromatic heterocycles. The number of aromatic nitrogens is 2. The number of hydrogen-bond donors (Lipinski definition) is 0. The maximum Gasteiger partial charge on any atom is 0.150 e. The van der Waals surface area contributed by atoms with Gasteiger partial charge < -0.3 is 0 Å². The first-order chi connectivity index (χ1) is 8.34. The van der Waals surface area contributed by atoms with Crippen molar-refractivity contribution in [3.05, 3.63) is 66.4 Å². The van der Waals surface area contributed by atoms with E-state index in [4.69, 9.17) is 11.6 Å². The van der Waals surface area contributed by atoms with Crippen LogP contribution >= 0.6 is 11.6 Å². The van der Waals surface area contributed by atoms with Crippen LogP contribution in [0.1, 0.15) is 11.1 Å². The van der Waals surface area contributed by atoms with E-state index in [2.05, 4.69) is 5.10 Å². The second kappa shape index (κ2) is 4.22. The van der Waals surface area contributed by atoms with Crippen LogP contribution in [0.3, 0.4) is 0 Å². The first kappa shape index (κ1) is 10.4. The molecule has 17 heavy (non-hydrogen) atoms. The molecule has 0 bridgehead atoms. The predicted molar refractivity (Wildman–Crippen MR) is 70.2 cm³/mol.